The minimum absolute atomic E-state index is 0.433. The lowest BCUT2D eigenvalue weighted by atomic mass is 9.48. The van der Waals surface area contributed by atoms with Gasteiger partial charge in [0.2, 0.25) is 0 Å². The number of benzene rings is 1. The summed E-state index contributed by atoms with van der Waals surface area (Å²) in [4.78, 5) is 9.88. The standard InChI is InChI=1S/C24H24N2O/c1-24(2)16-13-19(24)18-11-12-22(26-23(18)14-16)21-6-4-5-20(25-21)15-7-9-17(27-3)10-8-15/h4-12,16,19H,13-14H2,1-3H3/t16-,19+/m1/s1. The van der Waals surface area contributed by atoms with Crippen LogP contribution in [0.3, 0.4) is 0 Å². The maximum absolute atomic E-state index is 5.25. The van der Waals surface area contributed by atoms with Crippen LogP contribution in [0, 0.1) is 11.3 Å². The van der Waals surface area contributed by atoms with Crippen LogP contribution in [0.4, 0.5) is 0 Å². The fraction of sp³-hybridized carbons (Fsp3) is 0.333. The van der Waals surface area contributed by atoms with Gasteiger partial charge in [-0.3, -0.25) is 4.98 Å². The van der Waals surface area contributed by atoms with Gasteiger partial charge in [0.15, 0.2) is 0 Å². The molecular weight excluding hydrogens is 332 g/mol. The van der Waals surface area contributed by atoms with Gasteiger partial charge in [0.1, 0.15) is 5.75 Å². The van der Waals surface area contributed by atoms with Crippen molar-refractivity contribution in [3.8, 4) is 28.4 Å². The SMILES string of the molecule is COc1ccc(-c2cccc(-c3ccc4c(n3)C[C@H]3C[C@@H]4C3(C)C)n2)cc1. The van der Waals surface area contributed by atoms with E-state index in [-0.39, 0.29) is 0 Å². The molecule has 0 spiro atoms. The van der Waals surface area contributed by atoms with Gasteiger partial charge in [-0.15, -0.1) is 0 Å². The molecule has 1 aromatic carbocycles. The Labute approximate surface area is 160 Å². The molecule has 3 aromatic rings. The molecule has 3 nitrogen and oxygen atoms in total. The normalized spacial score (nSPS) is 21.9. The number of hydrogen-bond acceptors (Lipinski definition) is 3. The lowest BCUT2D eigenvalue weighted by Crippen LogP contribution is -2.48. The Hall–Kier alpha value is -2.68. The second kappa shape index (κ2) is 5.91. The topological polar surface area (TPSA) is 35.0 Å². The predicted octanol–water partition coefficient (Wildman–Crippen LogP) is 5.51. The van der Waals surface area contributed by atoms with Crippen LogP contribution in [-0.4, -0.2) is 17.1 Å². The molecule has 2 atom stereocenters. The Balaban J connectivity index is 1.49. The highest BCUT2D eigenvalue weighted by Crippen LogP contribution is 2.61. The van der Waals surface area contributed by atoms with E-state index in [0.717, 1.165) is 40.7 Å². The first-order valence-electron chi connectivity index (χ1n) is 9.68. The van der Waals surface area contributed by atoms with E-state index in [2.05, 4.69) is 38.1 Å². The maximum Gasteiger partial charge on any atom is 0.118 e. The molecule has 2 heterocycles. The van der Waals surface area contributed by atoms with Crippen LogP contribution in [0.5, 0.6) is 5.75 Å². The molecule has 2 aromatic heterocycles. The average molecular weight is 356 g/mol. The van der Waals surface area contributed by atoms with E-state index < -0.39 is 0 Å². The molecule has 3 aliphatic carbocycles. The van der Waals surface area contributed by atoms with Gasteiger partial charge in [0.05, 0.1) is 24.2 Å². The lowest BCUT2D eigenvalue weighted by molar-refractivity contribution is 0.0170. The number of ether oxygens (including phenoxy) is 1. The van der Waals surface area contributed by atoms with Crippen molar-refractivity contribution in [2.75, 3.05) is 7.11 Å². The molecular formula is C24H24N2O. The molecule has 136 valence electrons. The fourth-order valence-corrected chi connectivity index (χ4v) is 4.76. The third-order valence-corrected chi connectivity index (χ3v) is 6.69. The molecule has 0 amide bonds. The summed E-state index contributed by atoms with van der Waals surface area (Å²) >= 11 is 0. The quantitative estimate of drug-likeness (QED) is 0.621. The third kappa shape index (κ3) is 2.56. The highest BCUT2D eigenvalue weighted by Gasteiger charge is 2.52. The average Bonchev–Trinajstić information content (AvgIpc) is 2.73. The van der Waals surface area contributed by atoms with E-state index in [1.165, 1.54) is 17.7 Å². The van der Waals surface area contributed by atoms with Gasteiger partial charge in [-0.2, -0.15) is 0 Å². The molecule has 0 unspecified atom stereocenters. The number of aromatic nitrogens is 2. The van der Waals surface area contributed by atoms with Crippen molar-refractivity contribution in [2.45, 2.75) is 32.6 Å². The van der Waals surface area contributed by atoms with Gasteiger partial charge in [0.25, 0.3) is 0 Å². The van der Waals surface area contributed by atoms with Crippen LogP contribution < -0.4 is 4.74 Å². The summed E-state index contributed by atoms with van der Waals surface area (Å²) in [6.07, 6.45) is 2.43. The number of rotatable bonds is 3. The van der Waals surface area contributed by atoms with Gasteiger partial charge in [-0.1, -0.05) is 26.0 Å². The van der Waals surface area contributed by atoms with Crippen LogP contribution in [0.25, 0.3) is 22.6 Å². The Morgan fingerprint density at radius 1 is 0.889 bits per heavy atom. The molecule has 0 aliphatic heterocycles. The smallest absolute Gasteiger partial charge is 0.118 e. The summed E-state index contributed by atoms with van der Waals surface area (Å²) in [5, 5.41) is 0. The zero-order valence-corrected chi connectivity index (χ0v) is 16.1. The zero-order valence-electron chi connectivity index (χ0n) is 16.1. The van der Waals surface area contributed by atoms with Crippen molar-refractivity contribution < 1.29 is 4.74 Å². The van der Waals surface area contributed by atoms with Crippen molar-refractivity contribution in [3.05, 3.63) is 65.9 Å². The van der Waals surface area contributed by atoms with Crippen LogP contribution in [0.1, 0.15) is 37.4 Å². The summed E-state index contributed by atoms with van der Waals surface area (Å²) in [7, 11) is 1.68. The molecule has 3 heteroatoms. The summed E-state index contributed by atoms with van der Waals surface area (Å²) in [5.74, 6) is 2.30. The van der Waals surface area contributed by atoms with Gasteiger partial charge < -0.3 is 4.74 Å². The van der Waals surface area contributed by atoms with E-state index in [9.17, 15) is 0 Å². The molecule has 3 aliphatic rings. The lowest BCUT2D eigenvalue weighted by Gasteiger charge is -2.56. The Morgan fingerprint density at radius 2 is 1.63 bits per heavy atom. The van der Waals surface area contributed by atoms with E-state index in [1.807, 2.05) is 30.3 Å². The van der Waals surface area contributed by atoms with Gasteiger partial charge >= 0.3 is 0 Å². The number of pyridine rings is 2. The number of methoxy groups -OCH3 is 1. The van der Waals surface area contributed by atoms with Crippen molar-refractivity contribution in [1.82, 2.24) is 9.97 Å². The Kier molecular flexibility index (Phi) is 3.61. The van der Waals surface area contributed by atoms with E-state index in [0.29, 0.717) is 11.3 Å². The first-order valence-corrected chi connectivity index (χ1v) is 9.68. The second-order valence-electron chi connectivity index (χ2n) is 8.38. The van der Waals surface area contributed by atoms with Crippen LogP contribution >= 0.6 is 0 Å². The van der Waals surface area contributed by atoms with Crippen molar-refractivity contribution in [3.63, 3.8) is 0 Å². The van der Waals surface area contributed by atoms with Crippen molar-refractivity contribution >= 4 is 0 Å². The molecule has 27 heavy (non-hydrogen) atoms. The summed E-state index contributed by atoms with van der Waals surface area (Å²) in [6.45, 7) is 4.81. The van der Waals surface area contributed by atoms with E-state index in [1.54, 1.807) is 7.11 Å². The highest BCUT2D eigenvalue weighted by atomic mass is 16.5. The minimum atomic E-state index is 0.433. The predicted molar refractivity (Wildman–Crippen MR) is 108 cm³/mol. The number of nitrogens with zero attached hydrogens (tertiary/aromatic N) is 2. The molecule has 1 saturated carbocycles. The molecule has 0 saturated heterocycles. The largest absolute Gasteiger partial charge is 0.497 e. The van der Waals surface area contributed by atoms with Crippen molar-refractivity contribution in [1.29, 1.82) is 0 Å². The first kappa shape index (κ1) is 16.5. The highest BCUT2D eigenvalue weighted by molar-refractivity contribution is 5.65. The Morgan fingerprint density at radius 3 is 2.37 bits per heavy atom. The first-order chi connectivity index (χ1) is 13.1. The van der Waals surface area contributed by atoms with E-state index in [4.69, 9.17) is 14.7 Å². The Bertz CT molecular complexity index is 1010. The molecule has 0 N–H and O–H groups in total. The molecule has 1 fully saturated rings. The summed E-state index contributed by atoms with van der Waals surface area (Å²) in [5.41, 5.74) is 7.12. The molecule has 6 rings (SSSR count). The minimum Gasteiger partial charge on any atom is -0.497 e. The van der Waals surface area contributed by atoms with Gasteiger partial charge in [-0.25, -0.2) is 4.98 Å². The zero-order chi connectivity index (χ0) is 18.6. The van der Waals surface area contributed by atoms with Crippen molar-refractivity contribution in [2.24, 2.45) is 11.3 Å². The maximum atomic E-state index is 5.25. The third-order valence-electron chi connectivity index (χ3n) is 6.69. The molecule has 0 radical (unpaired) electrons. The second-order valence-corrected chi connectivity index (χ2v) is 8.38. The number of hydrogen-bond donors (Lipinski definition) is 0. The summed E-state index contributed by atoms with van der Waals surface area (Å²) in [6, 6.07) is 18.6. The van der Waals surface area contributed by atoms with Gasteiger partial charge in [-0.05, 0) is 78.1 Å². The van der Waals surface area contributed by atoms with Crippen LogP contribution in [0.2, 0.25) is 0 Å². The summed E-state index contributed by atoms with van der Waals surface area (Å²) < 4.78 is 5.25. The van der Waals surface area contributed by atoms with Crippen LogP contribution in [-0.2, 0) is 6.42 Å². The van der Waals surface area contributed by atoms with Crippen LogP contribution in [0.15, 0.2) is 54.6 Å². The fourth-order valence-electron chi connectivity index (χ4n) is 4.76. The molecule has 2 bridgehead atoms. The van der Waals surface area contributed by atoms with Gasteiger partial charge in [0, 0.05) is 11.3 Å². The monoisotopic (exact) mass is 356 g/mol. The van der Waals surface area contributed by atoms with E-state index >= 15 is 0 Å².